The zero-order valence-electron chi connectivity index (χ0n) is 19.4. The molecule has 8 nitrogen and oxygen atoms in total. The molecule has 1 atom stereocenters. The molecule has 2 aromatic rings. The molecule has 0 aliphatic heterocycles. The molecule has 9 heteroatoms. The third kappa shape index (κ3) is 8.51. The molecule has 0 radical (unpaired) electrons. The first kappa shape index (κ1) is 26.3. The molecule has 0 saturated carbocycles. The zero-order chi connectivity index (χ0) is 24.3. The van der Waals surface area contributed by atoms with E-state index in [9.17, 15) is 18.0 Å². The summed E-state index contributed by atoms with van der Waals surface area (Å²) in [5.41, 5.74) is 1.13. The van der Waals surface area contributed by atoms with Gasteiger partial charge >= 0.3 is 0 Å². The average molecular weight is 476 g/mol. The van der Waals surface area contributed by atoms with Crippen molar-refractivity contribution in [3.8, 4) is 5.75 Å². The van der Waals surface area contributed by atoms with Gasteiger partial charge in [-0.3, -0.25) is 9.59 Å². The fourth-order valence-corrected chi connectivity index (χ4v) is 4.73. The lowest BCUT2D eigenvalue weighted by Crippen LogP contribution is -2.48. The Morgan fingerprint density at radius 3 is 2.39 bits per heavy atom. The van der Waals surface area contributed by atoms with Gasteiger partial charge in [-0.15, -0.1) is 0 Å². The second-order valence-electron chi connectivity index (χ2n) is 7.76. The number of amides is 2. The van der Waals surface area contributed by atoms with Crippen LogP contribution in [0.5, 0.6) is 5.75 Å². The first-order chi connectivity index (χ1) is 15.8. The van der Waals surface area contributed by atoms with E-state index in [1.807, 2.05) is 30.3 Å². The minimum absolute atomic E-state index is 0.107. The molecule has 0 aliphatic rings. The Labute approximate surface area is 196 Å². The molecule has 33 heavy (non-hydrogen) atoms. The molecule has 180 valence electrons. The lowest BCUT2D eigenvalue weighted by Gasteiger charge is -2.20. The molecular formula is C24H33N3O5S. The SMILES string of the molecule is CCCCCCNC(=O)C(Cc1ccccc1)NS(=O)(=O)c1cc(NC(C)=O)ccc1OC. The van der Waals surface area contributed by atoms with Crippen molar-refractivity contribution in [2.45, 2.75) is 56.9 Å². The number of anilines is 1. The Balaban J connectivity index is 2.27. The van der Waals surface area contributed by atoms with Crippen LogP contribution in [0.2, 0.25) is 0 Å². The van der Waals surface area contributed by atoms with E-state index in [0.717, 1.165) is 31.2 Å². The van der Waals surface area contributed by atoms with Crippen LogP contribution in [0, 0.1) is 0 Å². The number of sulfonamides is 1. The number of unbranched alkanes of at least 4 members (excludes halogenated alkanes) is 3. The Bertz CT molecular complexity index is 1030. The summed E-state index contributed by atoms with van der Waals surface area (Å²) >= 11 is 0. The minimum atomic E-state index is -4.15. The highest BCUT2D eigenvalue weighted by Gasteiger charge is 2.28. The van der Waals surface area contributed by atoms with E-state index in [4.69, 9.17) is 4.74 Å². The minimum Gasteiger partial charge on any atom is -0.495 e. The molecule has 2 aromatic carbocycles. The van der Waals surface area contributed by atoms with Crippen molar-refractivity contribution in [1.29, 1.82) is 0 Å². The lowest BCUT2D eigenvalue weighted by molar-refractivity contribution is -0.122. The van der Waals surface area contributed by atoms with Gasteiger partial charge in [0.05, 0.1) is 7.11 Å². The third-order valence-corrected chi connectivity index (χ3v) is 6.49. The average Bonchev–Trinajstić information content (AvgIpc) is 2.78. The van der Waals surface area contributed by atoms with Crippen molar-refractivity contribution in [3.63, 3.8) is 0 Å². The summed E-state index contributed by atoms with van der Waals surface area (Å²) in [4.78, 5) is 24.2. The first-order valence-electron chi connectivity index (χ1n) is 11.1. The Morgan fingerprint density at radius 2 is 1.76 bits per heavy atom. The highest BCUT2D eigenvalue weighted by Crippen LogP contribution is 2.27. The van der Waals surface area contributed by atoms with E-state index in [1.165, 1.54) is 26.2 Å². The molecule has 0 fully saturated rings. The largest absolute Gasteiger partial charge is 0.495 e. The van der Waals surface area contributed by atoms with Crippen LogP contribution in [0.25, 0.3) is 0 Å². The van der Waals surface area contributed by atoms with Gasteiger partial charge in [-0.05, 0) is 36.6 Å². The van der Waals surface area contributed by atoms with E-state index >= 15 is 0 Å². The summed E-state index contributed by atoms with van der Waals surface area (Å²) in [6, 6.07) is 12.5. The number of hydrogen-bond acceptors (Lipinski definition) is 5. The monoisotopic (exact) mass is 475 g/mol. The number of rotatable bonds is 13. The van der Waals surface area contributed by atoms with Gasteiger partial charge in [0.25, 0.3) is 0 Å². The normalized spacial score (nSPS) is 12.1. The van der Waals surface area contributed by atoms with Gasteiger partial charge in [0, 0.05) is 19.2 Å². The number of carbonyl (C=O) groups excluding carboxylic acids is 2. The Kier molecular flexibility index (Phi) is 10.3. The van der Waals surface area contributed by atoms with E-state index in [2.05, 4.69) is 22.3 Å². The highest BCUT2D eigenvalue weighted by molar-refractivity contribution is 7.89. The van der Waals surface area contributed by atoms with Crippen LogP contribution in [-0.2, 0) is 26.0 Å². The second-order valence-corrected chi connectivity index (χ2v) is 9.44. The van der Waals surface area contributed by atoms with Crippen molar-refractivity contribution in [2.75, 3.05) is 19.0 Å². The number of nitrogens with one attached hydrogen (secondary N) is 3. The third-order valence-electron chi connectivity index (χ3n) is 5.00. The summed E-state index contributed by atoms with van der Waals surface area (Å²) in [5.74, 6) is -0.619. The second kappa shape index (κ2) is 13.0. The van der Waals surface area contributed by atoms with Crippen molar-refractivity contribution < 1.29 is 22.7 Å². The van der Waals surface area contributed by atoms with Gasteiger partial charge in [-0.25, -0.2) is 8.42 Å². The molecular weight excluding hydrogens is 442 g/mol. The van der Waals surface area contributed by atoms with Gasteiger partial charge in [0.2, 0.25) is 21.8 Å². The standard InChI is InChI=1S/C24H33N3O5S/c1-4-5-6-10-15-25-24(29)21(16-19-11-8-7-9-12-19)27-33(30,31)23-17-20(26-18(2)28)13-14-22(23)32-3/h7-9,11-14,17,21,27H,4-6,10,15-16H2,1-3H3,(H,25,29)(H,26,28). The zero-order valence-corrected chi connectivity index (χ0v) is 20.2. The van der Waals surface area contributed by atoms with Gasteiger partial charge < -0.3 is 15.4 Å². The lowest BCUT2D eigenvalue weighted by atomic mass is 10.1. The van der Waals surface area contributed by atoms with Gasteiger partial charge in [0.15, 0.2) is 0 Å². The first-order valence-corrected chi connectivity index (χ1v) is 12.5. The highest BCUT2D eigenvalue weighted by atomic mass is 32.2. The molecule has 2 rings (SSSR count). The molecule has 0 aliphatic carbocycles. The molecule has 1 unspecified atom stereocenters. The topological polar surface area (TPSA) is 114 Å². The fourth-order valence-electron chi connectivity index (χ4n) is 3.34. The maximum Gasteiger partial charge on any atom is 0.245 e. The summed E-state index contributed by atoms with van der Waals surface area (Å²) < 4.78 is 34.3. The number of methoxy groups -OCH3 is 1. The molecule has 2 amide bonds. The van der Waals surface area contributed by atoms with Crippen LogP contribution in [0.4, 0.5) is 5.69 Å². The molecule has 0 aromatic heterocycles. The molecule has 3 N–H and O–H groups in total. The summed E-state index contributed by atoms with van der Waals surface area (Å²) in [5, 5.41) is 5.41. The molecule has 0 bridgehead atoms. The summed E-state index contributed by atoms with van der Waals surface area (Å²) in [6.07, 6.45) is 4.19. The van der Waals surface area contributed by atoms with Crippen molar-refractivity contribution in [2.24, 2.45) is 0 Å². The van der Waals surface area contributed by atoms with Gasteiger partial charge in [-0.2, -0.15) is 4.72 Å². The van der Waals surface area contributed by atoms with E-state index in [0.29, 0.717) is 12.2 Å². The Morgan fingerprint density at radius 1 is 1.03 bits per heavy atom. The molecule has 0 heterocycles. The van der Waals surface area contributed by atoms with Crippen LogP contribution < -0.4 is 20.1 Å². The number of hydrogen-bond donors (Lipinski definition) is 3. The van der Waals surface area contributed by atoms with Gasteiger partial charge in [0.1, 0.15) is 16.7 Å². The van der Waals surface area contributed by atoms with E-state index < -0.39 is 22.0 Å². The van der Waals surface area contributed by atoms with Crippen LogP contribution >= 0.6 is 0 Å². The number of ether oxygens (including phenoxy) is 1. The maximum atomic E-state index is 13.3. The summed E-state index contributed by atoms with van der Waals surface area (Å²) in [6.45, 7) is 3.92. The molecule has 0 saturated heterocycles. The van der Waals surface area contributed by atoms with Crippen LogP contribution in [0.15, 0.2) is 53.4 Å². The van der Waals surface area contributed by atoms with Crippen LogP contribution in [-0.4, -0.2) is 39.9 Å². The molecule has 0 spiro atoms. The predicted molar refractivity (Wildman–Crippen MR) is 129 cm³/mol. The number of carbonyl (C=O) groups is 2. The maximum absolute atomic E-state index is 13.3. The smallest absolute Gasteiger partial charge is 0.245 e. The van der Waals surface area contributed by atoms with Gasteiger partial charge in [-0.1, -0.05) is 56.5 Å². The fraction of sp³-hybridized carbons (Fsp3) is 0.417. The predicted octanol–water partition coefficient (Wildman–Crippen LogP) is 3.24. The van der Waals surface area contributed by atoms with E-state index in [-0.39, 0.29) is 23.0 Å². The van der Waals surface area contributed by atoms with Crippen molar-refractivity contribution >= 4 is 27.5 Å². The van der Waals surface area contributed by atoms with Crippen molar-refractivity contribution in [3.05, 3.63) is 54.1 Å². The van der Waals surface area contributed by atoms with Crippen LogP contribution in [0.3, 0.4) is 0 Å². The summed E-state index contributed by atoms with van der Waals surface area (Å²) in [7, 11) is -2.79. The number of benzene rings is 2. The van der Waals surface area contributed by atoms with Crippen LogP contribution in [0.1, 0.15) is 45.1 Å². The quantitative estimate of drug-likeness (QED) is 0.385. The Hall–Kier alpha value is -2.91. The van der Waals surface area contributed by atoms with E-state index in [1.54, 1.807) is 6.07 Å². The van der Waals surface area contributed by atoms with Crippen molar-refractivity contribution in [1.82, 2.24) is 10.0 Å².